The van der Waals surface area contributed by atoms with Gasteiger partial charge in [-0.25, -0.2) is 0 Å². The summed E-state index contributed by atoms with van der Waals surface area (Å²) in [6.07, 6.45) is 8.61. The molecule has 0 spiro atoms. The maximum atomic E-state index is 5.50. The number of pyridine rings is 1. The molecule has 0 aromatic carbocycles. The highest BCUT2D eigenvalue weighted by Gasteiger charge is 1.95. The van der Waals surface area contributed by atoms with E-state index in [-0.39, 0.29) is 0 Å². The lowest BCUT2D eigenvalue weighted by molar-refractivity contribution is 1.30. The Hall–Kier alpha value is -1.90. The van der Waals surface area contributed by atoms with Crippen molar-refractivity contribution < 1.29 is 0 Å². The molecule has 1 aromatic heterocycles. The van der Waals surface area contributed by atoms with Gasteiger partial charge in [0.2, 0.25) is 0 Å². The first-order valence-corrected chi connectivity index (χ1v) is 4.74. The van der Waals surface area contributed by atoms with Gasteiger partial charge in [-0.1, -0.05) is 5.57 Å². The summed E-state index contributed by atoms with van der Waals surface area (Å²) in [6, 6.07) is 3.75. The van der Waals surface area contributed by atoms with Crippen LogP contribution in [-0.2, 0) is 0 Å². The van der Waals surface area contributed by atoms with Gasteiger partial charge < -0.3 is 5.73 Å². The molecule has 0 aliphatic heterocycles. The van der Waals surface area contributed by atoms with Crippen LogP contribution in [0.4, 0.5) is 0 Å². The first-order valence-electron chi connectivity index (χ1n) is 4.74. The fraction of sp³-hybridized carbons (Fsp3) is 0.167. The van der Waals surface area contributed by atoms with Crippen LogP contribution in [0, 0.1) is 0 Å². The van der Waals surface area contributed by atoms with Gasteiger partial charge in [-0.05, 0) is 32.1 Å². The Morgan fingerprint density at radius 2 is 2.00 bits per heavy atom. The summed E-state index contributed by atoms with van der Waals surface area (Å²) in [5, 5.41) is 0. The van der Waals surface area contributed by atoms with Gasteiger partial charge in [-0.3, -0.25) is 9.98 Å². The smallest absolute Gasteiger partial charge is 0.0857 e. The van der Waals surface area contributed by atoms with Crippen LogP contribution in [0.3, 0.4) is 0 Å². The molecule has 0 fully saturated rings. The third kappa shape index (κ3) is 3.77. The monoisotopic (exact) mass is 201 g/mol. The number of aromatic nitrogens is 1. The van der Waals surface area contributed by atoms with Crippen molar-refractivity contribution in [1.82, 2.24) is 4.98 Å². The first-order chi connectivity index (χ1) is 7.24. The summed E-state index contributed by atoms with van der Waals surface area (Å²) in [5.41, 5.74) is 8.41. The van der Waals surface area contributed by atoms with Crippen molar-refractivity contribution in [1.29, 1.82) is 0 Å². The van der Waals surface area contributed by atoms with Crippen molar-refractivity contribution in [2.24, 2.45) is 10.7 Å². The van der Waals surface area contributed by atoms with Gasteiger partial charge in [-0.15, -0.1) is 0 Å². The predicted octanol–water partition coefficient (Wildman–Crippen LogP) is 2.38. The molecule has 1 aromatic rings. The van der Waals surface area contributed by atoms with E-state index in [0.717, 1.165) is 11.3 Å². The van der Waals surface area contributed by atoms with Gasteiger partial charge in [0.15, 0.2) is 0 Å². The molecule has 1 rings (SSSR count). The number of allylic oxidation sites excluding steroid dienone is 2. The van der Waals surface area contributed by atoms with E-state index in [1.807, 2.05) is 32.1 Å². The number of nitrogens with two attached hydrogens (primary N) is 1. The molecule has 15 heavy (non-hydrogen) atoms. The molecular formula is C12H15N3. The quantitative estimate of drug-likeness (QED) is 0.763. The molecule has 0 bridgehead atoms. The molecule has 1 heterocycles. The number of hydrogen-bond acceptors (Lipinski definition) is 3. The Labute approximate surface area is 90.1 Å². The highest BCUT2D eigenvalue weighted by molar-refractivity contribution is 5.80. The van der Waals surface area contributed by atoms with E-state index in [2.05, 4.69) is 9.98 Å². The van der Waals surface area contributed by atoms with Crippen LogP contribution in [0.5, 0.6) is 0 Å². The zero-order valence-electron chi connectivity index (χ0n) is 9.01. The van der Waals surface area contributed by atoms with Crippen molar-refractivity contribution in [3.05, 3.63) is 47.9 Å². The van der Waals surface area contributed by atoms with E-state index in [1.54, 1.807) is 18.6 Å². The fourth-order valence-corrected chi connectivity index (χ4v) is 1.00. The van der Waals surface area contributed by atoms with Gasteiger partial charge in [0, 0.05) is 30.4 Å². The SMILES string of the molecule is CC(C)=C/C=N\C(=C/N)c1ccncc1. The van der Waals surface area contributed by atoms with Gasteiger partial charge in [0.05, 0.1) is 5.70 Å². The second kappa shape index (κ2) is 5.75. The van der Waals surface area contributed by atoms with Gasteiger partial charge in [0.25, 0.3) is 0 Å². The number of aliphatic imine (C=N–C) groups is 1. The second-order valence-corrected chi connectivity index (χ2v) is 3.31. The van der Waals surface area contributed by atoms with E-state index < -0.39 is 0 Å². The molecule has 0 aliphatic carbocycles. The van der Waals surface area contributed by atoms with Crippen LogP contribution in [0.25, 0.3) is 5.70 Å². The van der Waals surface area contributed by atoms with Crippen LogP contribution in [0.2, 0.25) is 0 Å². The van der Waals surface area contributed by atoms with Gasteiger partial charge in [0.1, 0.15) is 0 Å². The van der Waals surface area contributed by atoms with Crippen molar-refractivity contribution in [2.45, 2.75) is 13.8 Å². The molecule has 0 saturated heterocycles. The van der Waals surface area contributed by atoms with E-state index >= 15 is 0 Å². The Bertz CT molecular complexity index is 385. The highest BCUT2D eigenvalue weighted by Crippen LogP contribution is 2.12. The van der Waals surface area contributed by atoms with E-state index in [9.17, 15) is 0 Å². The summed E-state index contributed by atoms with van der Waals surface area (Å²) in [4.78, 5) is 8.20. The molecule has 2 N–H and O–H groups in total. The van der Waals surface area contributed by atoms with Crippen molar-refractivity contribution >= 4 is 11.9 Å². The molecule has 0 atom stereocenters. The minimum absolute atomic E-state index is 0.745. The summed E-state index contributed by atoms with van der Waals surface area (Å²) in [7, 11) is 0. The van der Waals surface area contributed by atoms with Crippen molar-refractivity contribution in [3.63, 3.8) is 0 Å². The molecule has 0 unspecified atom stereocenters. The molecule has 0 saturated carbocycles. The Morgan fingerprint density at radius 1 is 1.33 bits per heavy atom. The lowest BCUT2D eigenvalue weighted by Crippen LogP contribution is -1.87. The minimum Gasteiger partial charge on any atom is -0.403 e. The molecule has 78 valence electrons. The first kappa shape index (κ1) is 11.2. The fourth-order valence-electron chi connectivity index (χ4n) is 1.00. The molecule has 3 heteroatoms. The Balaban J connectivity index is 2.84. The summed E-state index contributed by atoms with van der Waals surface area (Å²) in [6.45, 7) is 4.04. The normalized spacial score (nSPS) is 11.7. The second-order valence-electron chi connectivity index (χ2n) is 3.31. The summed E-state index contributed by atoms with van der Waals surface area (Å²) in [5.74, 6) is 0. The summed E-state index contributed by atoms with van der Waals surface area (Å²) >= 11 is 0. The van der Waals surface area contributed by atoms with Crippen LogP contribution in [0.1, 0.15) is 19.4 Å². The largest absolute Gasteiger partial charge is 0.403 e. The van der Waals surface area contributed by atoms with E-state index in [4.69, 9.17) is 5.73 Å². The lowest BCUT2D eigenvalue weighted by atomic mass is 10.2. The van der Waals surface area contributed by atoms with Crippen LogP contribution < -0.4 is 5.73 Å². The average molecular weight is 201 g/mol. The van der Waals surface area contributed by atoms with Crippen LogP contribution >= 0.6 is 0 Å². The summed E-state index contributed by atoms with van der Waals surface area (Å²) < 4.78 is 0. The Morgan fingerprint density at radius 3 is 2.53 bits per heavy atom. The topological polar surface area (TPSA) is 51.3 Å². The molecule has 0 amide bonds. The van der Waals surface area contributed by atoms with Crippen molar-refractivity contribution in [2.75, 3.05) is 0 Å². The predicted molar refractivity (Wildman–Crippen MR) is 64.3 cm³/mol. The third-order valence-corrected chi connectivity index (χ3v) is 1.76. The van der Waals surface area contributed by atoms with Gasteiger partial charge in [-0.2, -0.15) is 0 Å². The number of rotatable bonds is 3. The Kier molecular flexibility index (Phi) is 4.29. The van der Waals surface area contributed by atoms with Gasteiger partial charge >= 0.3 is 0 Å². The third-order valence-electron chi connectivity index (χ3n) is 1.76. The standard InChI is InChI=1S/C12H15N3/c1-10(2)3-8-15-12(9-13)11-4-6-14-7-5-11/h3-9H,13H2,1-2H3/b12-9-,15-8-. The molecule has 0 aliphatic rings. The highest BCUT2D eigenvalue weighted by atomic mass is 14.8. The molecule has 3 nitrogen and oxygen atoms in total. The molecular weight excluding hydrogens is 186 g/mol. The van der Waals surface area contributed by atoms with E-state index in [1.165, 1.54) is 11.8 Å². The minimum atomic E-state index is 0.745. The number of nitrogens with zero attached hydrogens (tertiary/aromatic N) is 2. The van der Waals surface area contributed by atoms with Crippen LogP contribution in [-0.4, -0.2) is 11.2 Å². The average Bonchev–Trinajstić information content (AvgIpc) is 2.25. The van der Waals surface area contributed by atoms with Crippen molar-refractivity contribution in [3.8, 4) is 0 Å². The zero-order valence-corrected chi connectivity index (χ0v) is 9.01. The zero-order chi connectivity index (χ0) is 11.1. The maximum Gasteiger partial charge on any atom is 0.0857 e. The maximum absolute atomic E-state index is 5.50. The lowest BCUT2D eigenvalue weighted by Gasteiger charge is -1.98. The van der Waals surface area contributed by atoms with E-state index in [0.29, 0.717) is 0 Å². The molecule has 0 radical (unpaired) electrons. The number of hydrogen-bond donors (Lipinski definition) is 1. The van der Waals surface area contributed by atoms with Crippen LogP contribution in [0.15, 0.2) is 47.4 Å².